The number of ether oxygens (including phenoxy) is 1. The van der Waals surface area contributed by atoms with E-state index in [0.29, 0.717) is 32.7 Å². The van der Waals surface area contributed by atoms with E-state index in [1.54, 1.807) is 47.3 Å². The third kappa shape index (κ3) is 4.58. The molecule has 1 N–H and O–H groups in total. The molecular weight excluding hydrogens is 490 g/mol. The van der Waals surface area contributed by atoms with Crippen molar-refractivity contribution in [3.63, 3.8) is 0 Å². The number of nitrogens with zero attached hydrogens (tertiary/aromatic N) is 2. The molecule has 2 aromatic carbocycles. The van der Waals surface area contributed by atoms with Crippen molar-refractivity contribution in [1.82, 2.24) is 9.55 Å². The Morgan fingerprint density at radius 1 is 1.21 bits per heavy atom. The molecule has 0 aliphatic heterocycles. The van der Waals surface area contributed by atoms with E-state index in [9.17, 15) is 9.59 Å². The second kappa shape index (κ2) is 9.82. The minimum absolute atomic E-state index is 0.0904. The van der Waals surface area contributed by atoms with Crippen molar-refractivity contribution < 1.29 is 9.53 Å². The van der Waals surface area contributed by atoms with Crippen LogP contribution in [0.1, 0.15) is 23.3 Å². The number of thioether (sulfide) groups is 1. The van der Waals surface area contributed by atoms with Gasteiger partial charge in [0.25, 0.3) is 5.56 Å². The van der Waals surface area contributed by atoms with Gasteiger partial charge in [0, 0.05) is 15.6 Å². The average molecular weight is 512 g/mol. The van der Waals surface area contributed by atoms with Crippen molar-refractivity contribution in [3.8, 4) is 11.4 Å². The van der Waals surface area contributed by atoms with Crippen molar-refractivity contribution in [3.05, 3.63) is 74.3 Å². The molecule has 2 aromatic heterocycles. The molecule has 0 saturated heterocycles. The third-order valence-electron chi connectivity index (χ3n) is 5.73. The molecule has 1 aliphatic rings. The van der Waals surface area contributed by atoms with Crippen molar-refractivity contribution >= 4 is 56.5 Å². The SMILES string of the molecule is COc1ccc(-n2c(SCC(=O)Nc3cccc(Cl)c3)nc3sc4c(c3c2=O)CCCC4)cc1. The van der Waals surface area contributed by atoms with Crippen LogP contribution in [-0.4, -0.2) is 28.3 Å². The van der Waals surface area contributed by atoms with Crippen molar-refractivity contribution in [1.29, 1.82) is 0 Å². The molecule has 0 saturated carbocycles. The van der Waals surface area contributed by atoms with Crippen LogP contribution in [0.25, 0.3) is 15.9 Å². The number of benzene rings is 2. The number of halogens is 1. The van der Waals surface area contributed by atoms with Crippen LogP contribution in [0.5, 0.6) is 5.75 Å². The van der Waals surface area contributed by atoms with Crippen molar-refractivity contribution in [2.75, 3.05) is 18.2 Å². The van der Waals surface area contributed by atoms with Crippen LogP contribution in [-0.2, 0) is 17.6 Å². The number of aromatic nitrogens is 2. The second-order valence-corrected chi connectivity index (χ2v) is 10.4. The molecule has 6 nitrogen and oxygen atoms in total. The zero-order valence-corrected chi connectivity index (χ0v) is 20.9. The van der Waals surface area contributed by atoms with Gasteiger partial charge in [-0.2, -0.15) is 0 Å². The number of thiophene rings is 1. The molecule has 1 amide bonds. The van der Waals surface area contributed by atoms with Gasteiger partial charge in [0.05, 0.1) is 23.9 Å². The molecular formula is C25H22ClN3O3S2. The van der Waals surface area contributed by atoms with Crippen molar-refractivity contribution in [2.24, 2.45) is 0 Å². The van der Waals surface area contributed by atoms with Crippen LogP contribution in [0.3, 0.4) is 0 Å². The lowest BCUT2D eigenvalue weighted by Crippen LogP contribution is -2.23. The largest absolute Gasteiger partial charge is 0.497 e. The second-order valence-electron chi connectivity index (χ2n) is 7.97. The number of hydrogen-bond acceptors (Lipinski definition) is 6. The Morgan fingerprint density at radius 2 is 2.00 bits per heavy atom. The zero-order valence-electron chi connectivity index (χ0n) is 18.5. The van der Waals surface area contributed by atoms with Gasteiger partial charge in [-0.05, 0) is 73.7 Å². The van der Waals surface area contributed by atoms with E-state index in [0.717, 1.165) is 36.1 Å². The van der Waals surface area contributed by atoms with Gasteiger partial charge in [-0.15, -0.1) is 11.3 Å². The van der Waals surface area contributed by atoms with Gasteiger partial charge in [-0.3, -0.25) is 14.2 Å². The highest BCUT2D eigenvalue weighted by Crippen LogP contribution is 2.35. The molecule has 0 unspecified atom stereocenters. The summed E-state index contributed by atoms with van der Waals surface area (Å²) in [4.78, 5) is 33.3. The van der Waals surface area contributed by atoms with Gasteiger partial charge in [-0.1, -0.05) is 29.4 Å². The predicted molar refractivity (Wildman–Crippen MR) is 139 cm³/mol. The Hall–Kier alpha value is -2.81. The maximum absolute atomic E-state index is 13.8. The summed E-state index contributed by atoms with van der Waals surface area (Å²) in [7, 11) is 1.60. The molecule has 9 heteroatoms. The van der Waals surface area contributed by atoms with E-state index in [1.807, 2.05) is 24.3 Å². The van der Waals surface area contributed by atoms with Gasteiger partial charge >= 0.3 is 0 Å². The fourth-order valence-electron chi connectivity index (χ4n) is 4.14. The van der Waals surface area contributed by atoms with E-state index in [-0.39, 0.29) is 17.2 Å². The maximum Gasteiger partial charge on any atom is 0.267 e. The number of rotatable bonds is 6. The first-order valence-electron chi connectivity index (χ1n) is 10.9. The van der Waals surface area contributed by atoms with Gasteiger partial charge in [0.1, 0.15) is 10.6 Å². The molecule has 174 valence electrons. The number of amides is 1. The highest BCUT2D eigenvalue weighted by Gasteiger charge is 2.23. The summed E-state index contributed by atoms with van der Waals surface area (Å²) in [5.74, 6) is 0.605. The highest BCUT2D eigenvalue weighted by atomic mass is 35.5. The number of carbonyl (C=O) groups excluding carboxylic acids is 1. The summed E-state index contributed by atoms with van der Waals surface area (Å²) in [5.41, 5.74) is 2.36. The first-order valence-corrected chi connectivity index (χ1v) is 13.1. The summed E-state index contributed by atoms with van der Waals surface area (Å²) < 4.78 is 6.88. The number of aryl methyl sites for hydroxylation is 2. The molecule has 0 spiro atoms. The topological polar surface area (TPSA) is 73.2 Å². The number of anilines is 1. The molecule has 4 aromatic rings. The van der Waals surface area contributed by atoms with Crippen LogP contribution in [0.2, 0.25) is 5.02 Å². The summed E-state index contributed by atoms with van der Waals surface area (Å²) in [6.45, 7) is 0. The van der Waals surface area contributed by atoms with Gasteiger partial charge in [0.2, 0.25) is 5.91 Å². The minimum Gasteiger partial charge on any atom is -0.497 e. The fraction of sp³-hybridized carbons (Fsp3) is 0.240. The van der Waals surface area contributed by atoms with Gasteiger partial charge in [0.15, 0.2) is 5.16 Å². The first kappa shape index (κ1) is 23.0. The predicted octanol–water partition coefficient (Wildman–Crippen LogP) is 5.72. The standard InChI is InChI=1S/C25H22ClN3O3S2/c1-32-18-11-9-17(10-12-18)29-24(31)22-19-7-2-3-8-20(19)34-23(22)28-25(29)33-14-21(30)27-16-6-4-5-15(26)13-16/h4-6,9-13H,2-3,7-8,14H2,1H3,(H,27,30). The highest BCUT2D eigenvalue weighted by molar-refractivity contribution is 7.99. The lowest BCUT2D eigenvalue weighted by Gasteiger charge is -2.14. The lowest BCUT2D eigenvalue weighted by atomic mass is 9.97. The monoisotopic (exact) mass is 511 g/mol. The number of carbonyl (C=O) groups is 1. The van der Waals surface area contributed by atoms with Crippen LogP contribution in [0.15, 0.2) is 58.5 Å². The van der Waals surface area contributed by atoms with E-state index in [1.165, 1.54) is 16.6 Å². The number of hydrogen-bond donors (Lipinski definition) is 1. The molecule has 5 rings (SSSR count). The summed E-state index contributed by atoms with van der Waals surface area (Å²) in [6, 6.07) is 14.3. The summed E-state index contributed by atoms with van der Waals surface area (Å²) in [6.07, 6.45) is 4.12. The van der Waals surface area contributed by atoms with E-state index < -0.39 is 0 Å². The minimum atomic E-state index is -0.201. The van der Waals surface area contributed by atoms with Crippen molar-refractivity contribution in [2.45, 2.75) is 30.8 Å². The fourth-order valence-corrected chi connectivity index (χ4v) is 6.44. The van der Waals surface area contributed by atoms with Crippen LogP contribution < -0.4 is 15.6 Å². The molecule has 1 aliphatic carbocycles. The normalized spacial score (nSPS) is 13.0. The van der Waals surface area contributed by atoms with Crippen LogP contribution >= 0.6 is 34.7 Å². The Bertz CT molecular complexity index is 1430. The third-order valence-corrected chi connectivity index (χ3v) is 8.09. The number of nitrogens with one attached hydrogen (secondary N) is 1. The maximum atomic E-state index is 13.8. The van der Waals surface area contributed by atoms with Gasteiger partial charge in [-0.25, -0.2) is 4.98 Å². The lowest BCUT2D eigenvalue weighted by molar-refractivity contribution is -0.113. The molecule has 0 radical (unpaired) electrons. The Morgan fingerprint density at radius 3 is 2.76 bits per heavy atom. The van der Waals surface area contributed by atoms with E-state index >= 15 is 0 Å². The van der Waals surface area contributed by atoms with E-state index in [2.05, 4.69) is 5.32 Å². The van der Waals surface area contributed by atoms with E-state index in [4.69, 9.17) is 21.3 Å². The Labute approximate surface area is 209 Å². The smallest absolute Gasteiger partial charge is 0.267 e. The molecule has 0 bridgehead atoms. The Kier molecular flexibility index (Phi) is 6.63. The zero-order chi connectivity index (χ0) is 23.7. The number of fused-ring (bicyclic) bond motifs is 3. The summed E-state index contributed by atoms with van der Waals surface area (Å²) in [5, 5.41) is 4.59. The quantitative estimate of drug-likeness (QED) is 0.265. The van der Waals surface area contributed by atoms with Gasteiger partial charge < -0.3 is 10.1 Å². The van der Waals surface area contributed by atoms with Crippen LogP contribution in [0.4, 0.5) is 5.69 Å². The van der Waals surface area contributed by atoms with Crippen LogP contribution in [0, 0.1) is 0 Å². The molecule has 0 fully saturated rings. The Balaban J connectivity index is 1.52. The number of methoxy groups -OCH3 is 1. The summed E-state index contributed by atoms with van der Waals surface area (Å²) >= 11 is 8.86. The first-order chi connectivity index (χ1) is 16.5. The molecule has 2 heterocycles. The molecule has 34 heavy (non-hydrogen) atoms. The molecule has 0 atom stereocenters. The average Bonchev–Trinajstić information content (AvgIpc) is 3.22.